The third kappa shape index (κ3) is 3.99. The van der Waals surface area contributed by atoms with Crippen LogP contribution in [0.15, 0.2) is 28.9 Å². The predicted molar refractivity (Wildman–Crippen MR) is 87.5 cm³/mol. The van der Waals surface area contributed by atoms with Crippen LogP contribution in [0.3, 0.4) is 0 Å². The Morgan fingerprint density at radius 3 is 2.81 bits per heavy atom. The molecule has 2 aromatic rings. The van der Waals surface area contributed by atoms with Crippen LogP contribution in [0, 0.1) is 0 Å². The van der Waals surface area contributed by atoms with E-state index in [2.05, 4.69) is 27.4 Å². The molecule has 3 rings (SSSR count). The maximum Gasteiger partial charge on any atom is 0.243 e. The summed E-state index contributed by atoms with van der Waals surface area (Å²) in [7, 11) is 0. The molecule has 1 atom stereocenters. The van der Waals surface area contributed by atoms with Crippen LogP contribution in [0.4, 0.5) is 0 Å². The average Bonchev–Trinajstić information content (AvgIpc) is 2.88. The molecule has 1 aliphatic heterocycles. The van der Waals surface area contributed by atoms with E-state index in [4.69, 9.17) is 4.52 Å². The first-order valence-corrected chi connectivity index (χ1v) is 9.30. The van der Waals surface area contributed by atoms with Crippen molar-refractivity contribution in [2.75, 3.05) is 23.0 Å². The van der Waals surface area contributed by atoms with Crippen LogP contribution >= 0.6 is 23.5 Å². The van der Waals surface area contributed by atoms with Crippen molar-refractivity contribution in [3.05, 3.63) is 30.3 Å². The standard InChI is InChI=1S/C14H18N4OS2/c1-10(16-11-8-20-6-7-21-9-11)14-17-13(18-19-14)12-4-2-3-5-15-12/h2-5,10-11,16H,6-9H2,1H3/t10-/m1/s1. The van der Waals surface area contributed by atoms with E-state index in [0.29, 0.717) is 17.8 Å². The molecule has 1 fully saturated rings. The SMILES string of the molecule is C[C@@H](NC1CSCCSC1)c1nc(-c2ccccn2)no1. The maximum absolute atomic E-state index is 5.38. The number of hydrogen-bond acceptors (Lipinski definition) is 7. The zero-order valence-corrected chi connectivity index (χ0v) is 13.5. The highest BCUT2D eigenvalue weighted by atomic mass is 32.2. The fourth-order valence-corrected chi connectivity index (χ4v) is 4.57. The summed E-state index contributed by atoms with van der Waals surface area (Å²) in [5.74, 6) is 5.92. The molecular formula is C14H18N4OS2. The lowest BCUT2D eigenvalue weighted by atomic mass is 10.3. The quantitative estimate of drug-likeness (QED) is 0.928. The van der Waals surface area contributed by atoms with Crippen molar-refractivity contribution in [2.45, 2.75) is 19.0 Å². The van der Waals surface area contributed by atoms with E-state index in [9.17, 15) is 0 Å². The minimum Gasteiger partial charge on any atom is -0.337 e. The van der Waals surface area contributed by atoms with Gasteiger partial charge in [0.15, 0.2) is 0 Å². The van der Waals surface area contributed by atoms with Gasteiger partial charge in [0.25, 0.3) is 0 Å². The van der Waals surface area contributed by atoms with E-state index in [1.807, 2.05) is 41.7 Å². The van der Waals surface area contributed by atoms with E-state index in [0.717, 1.165) is 17.2 Å². The van der Waals surface area contributed by atoms with Crippen LogP contribution in [-0.2, 0) is 0 Å². The number of hydrogen-bond donors (Lipinski definition) is 1. The first-order chi connectivity index (χ1) is 10.3. The average molecular weight is 322 g/mol. The van der Waals surface area contributed by atoms with Crippen molar-refractivity contribution in [3.63, 3.8) is 0 Å². The first-order valence-electron chi connectivity index (χ1n) is 6.99. The van der Waals surface area contributed by atoms with Gasteiger partial charge in [-0.3, -0.25) is 4.98 Å². The molecule has 2 aromatic heterocycles. The molecule has 0 aromatic carbocycles. The summed E-state index contributed by atoms with van der Waals surface area (Å²) in [5.41, 5.74) is 0.736. The van der Waals surface area contributed by atoms with Crippen LogP contribution in [0.1, 0.15) is 18.9 Å². The van der Waals surface area contributed by atoms with Gasteiger partial charge in [0.1, 0.15) is 5.69 Å². The molecular weight excluding hydrogens is 304 g/mol. The molecule has 0 amide bonds. The highest BCUT2D eigenvalue weighted by molar-refractivity contribution is 8.03. The van der Waals surface area contributed by atoms with Crippen molar-refractivity contribution in [3.8, 4) is 11.5 Å². The summed E-state index contributed by atoms with van der Waals surface area (Å²) < 4.78 is 5.38. The Balaban J connectivity index is 1.65. The third-order valence-corrected chi connectivity index (χ3v) is 5.72. The minimum atomic E-state index is 0.0549. The number of nitrogens with zero attached hydrogens (tertiary/aromatic N) is 3. The van der Waals surface area contributed by atoms with Gasteiger partial charge in [0.05, 0.1) is 6.04 Å². The molecule has 0 bridgehead atoms. The molecule has 5 nitrogen and oxygen atoms in total. The van der Waals surface area contributed by atoms with E-state index in [-0.39, 0.29) is 6.04 Å². The Kier molecular flexibility index (Phi) is 5.16. The van der Waals surface area contributed by atoms with Gasteiger partial charge in [0.2, 0.25) is 11.7 Å². The molecule has 0 radical (unpaired) electrons. The summed E-state index contributed by atoms with van der Waals surface area (Å²) in [6.45, 7) is 2.07. The summed E-state index contributed by atoms with van der Waals surface area (Å²) >= 11 is 4.01. The lowest BCUT2D eigenvalue weighted by Gasteiger charge is -2.18. The van der Waals surface area contributed by atoms with E-state index in [1.165, 1.54) is 11.5 Å². The largest absolute Gasteiger partial charge is 0.337 e. The molecule has 0 aliphatic carbocycles. The van der Waals surface area contributed by atoms with Crippen LogP contribution in [0.2, 0.25) is 0 Å². The van der Waals surface area contributed by atoms with Crippen molar-refractivity contribution < 1.29 is 4.52 Å². The number of thioether (sulfide) groups is 2. The summed E-state index contributed by atoms with van der Waals surface area (Å²) in [4.78, 5) is 8.69. The molecule has 1 saturated heterocycles. The van der Waals surface area contributed by atoms with Gasteiger partial charge in [-0.05, 0) is 19.1 Å². The zero-order chi connectivity index (χ0) is 14.5. The highest BCUT2D eigenvalue weighted by Crippen LogP contribution is 2.20. The zero-order valence-electron chi connectivity index (χ0n) is 11.9. The Bertz CT molecular complexity index is 555. The Hall–Kier alpha value is -1.05. The summed E-state index contributed by atoms with van der Waals surface area (Å²) in [6, 6.07) is 6.21. The third-order valence-electron chi connectivity index (χ3n) is 3.20. The topological polar surface area (TPSA) is 63.8 Å². The molecule has 1 N–H and O–H groups in total. The number of pyridine rings is 1. The molecule has 1 aliphatic rings. The molecule has 0 spiro atoms. The summed E-state index contributed by atoms with van der Waals surface area (Å²) in [5, 5.41) is 7.60. The molecule has 21 heavy (non-hydrogen) atoms. The molecule has 3 heterocycles. The predicted octanol–water partition coefficient (Wildman–Crippen LogP) is 2.63. The lowest BCUT2D eigenvalue weighted by molar-refractivity contribution is 0.332. The van der Waals surface area contributed by atoms with Crippen molar-refractivity contribution in [2.24, 2.45) is 0 Å². The molecule has 112 valence electrons. The van der Waals surface area contributed by atoms with Crippen LogP contribution in [0.25, 0.3) is 11.5 Å². The second-order valence-corrected chi connectivity index (χ2v) is 7.21. The van der Waals surface area contributed by atoms with Crippen molar-refractivity contribution in [1.29, 1.82) is 0 Å². The van der Waals surface area contributed by atoms with E-state index < -0.39 is 0 Å². The van der Waals surface area contributed by atoms with Gasteiger partial charge < -0.3 is 9.84 Å². The Labute approximate surface area is 132 Å². The Morgan fingerprint density at radius 1 is 1.29 bits per heavy atom. The van der Waals surface area contributed by atoms with Crippen molar-refractivity contribution in [1.82, 2.24) is 20.4 Å². The van der Waals surface area contributed by atoms with Gasteiger partial charge in [0, 0.05) is 35.3 Å². The highest BCUT2D eigenvalue weighted by Gasteiger charge is 2.20. The van der Waals surface area contributed by atoms with Gasteiger partial charge in [-0.1, -0.05) is 11.2 Å². The first kappa shape index (κ1) is 14.9. The second kappa shape index (κ2) is 7.29. The van der Waals surface area contributed by atoms with E-state index in [1.54, 1.807) is 6.20 Å². The van der Waals surface area contributed by atoms with Gasteiger partial charge in [-0.2, -0.15) is 28.5 Å². The normalized spacial score (nSPS) is 18.3. The number of rotatable bonds is 4. The van der Waals surface area contributed by atoms with Gasteiger partial charge in [-0.15, -0.1) is 0 Å². The van der Waals surface area contributed by atoms with E-state index >= 15 is 0 Å². The molecule has 7 heteroatoms. The number of aromatic nitrogens is 3. The second-order valence-electron chi connectivity index (χ2n) is 4.91. The molecule has 0 unspecified atom stereocenters. The monoisotopic (exact) mass is 322 g/mol. The van der Waals surface area contributed by atoms with Gasteiger partial charge in [-0.25, -0.2) is 0 Å². The van der Waals surface area contributed by atoms with Crippen LogP contribution in [0.5, 0.6) is 0 Å². The lowest BCUT2D eigenvalue weighted by Crippen LogP contribution is -2.35. The minimum absolute atomic E-state index is 0.0549. The number of nitrogens with one attached hydrogen (secondary N) is 1. The van der Waals surface area contributed by atoms with Gasteiger partial charge >= 0.3 is 0 Å². The molecule has 0 saturated carbocycles. The maximum atomic E-state index is 5.38. The fourth-order valence-electron chi connectivity index (χ4n) is 2.15. The van der Waals surface area contributed by atoms with Crippen LogP contribution in [-0.4, -0.2) is 44.2 Å². The Morgan fingerprint density at radius 2 is 2.10 bits per heavy atom. The van der Waals surface area contributed by atoms with Crippen molar-refractivity contribution >= 4 is 23.5 Å². The smallest absolute Gasteiger partial charge is 0.243 e. The fraction of sp³-hybridized carbons (Fsp3) is 0.500. The van der Waals surface area contributed by atoms with Crippen LogP contribution < -0.4 is 5.32 Å². The summed E-state index contributed by atoms with van der Waals surface area (Å²) in [6.07, 6.45) is 1.73.